The minimum atomic E-state index is -0.778. The minimum Gasteiger partial charge on any atom is -0.369 e. The van der Waals surface area contributed by atoms with Crippen molar-refractivity contribution in [2.45, 2.75) is 32.6 Å². The molecule has 2 heterocycles. The number of nitrogens with two attached hydrogens (primary N) is 1. The Kier molecular flexibility index (Phi) is 6.35. The molecule has 2 amide bonds. The van der Waals surface area contributed by atoms with E-state index in [4.69, 9.17) is 5.73 Å². The number of hydrogen-bond donors (Lipinski definition) is 1. The molecule has 0 spiro atoms. The fraction of sp³-hybridized carbons (Fsp3) is 0.296. The summed E-state index contributed by atoms with van der Waals surface area (Å²) in [7, 11) is 0. The normalized spacial score (nSPS) is 18.3. The fourth-order valence-electron chi connectivity index (χ4n) is 4.61. The van der Waals surface area contributed by atoms with Gasteiger partial charge in [-0.15, -0.1) is 0 Å². The summed E-state index contributed by atoms with van der Waals surface area (Å²) in [6.07, 6.45) is 5.85. The van der Waals surface area contributed by atoms with Crippen LogP contribution in [0, 0.1) is 12.3 Å². The molecule has 1 saturated heterocycles. The number of nitrogens with zero attached hydrogens (tertiary/aromatic N) is 2. The Labute approximate surface area is 189 Å². The van der Waals surface area contributed by atoms with Crippen LogP contribution in [-0.2, 0) is 22.4 Å². The largest absolute Gasteiger partial charge is 0.369 e. The van der Waals surface area contributed by atoms with Gasteiger partial charge in [0.05, 0.1) is 11.8 Å². The minimum absolute atomic E-state index is 0.0414. The summed E-state index contributed by atoms with van der Waals surface area (Å²) in [6.45, 7) is 3.04. The highest BCUT2D eigenvalue weighted by molar-refractivity contribution is 5.84. The van der Waals surface area contributed by atoms with Gasteiger partial charge >= 0.3 is 0 Å². The van der Waals surface area contributed by atoms with Crippen LogP contribution in [0.2, 0.25) is 0 Å². The number of amides is 2. The molecule has 5 nitrogen and oxygen atoms in total. The second kappa shape index (κ2) is 9.35. The molecule has 0 aliphatic carbocycles. The maximum Gasteiger partial charge on any atom is 0.227 e. The van der Waals surface area contributed by atoms with Crippen LogP contribution < -0.4 is 5.73 Å². The molecule has 1 aromatic heterocycles. The molecule has 0 radical (unpaired) electrons. The van der Waals surface area contributed by atoms with Crippen LogP contribution in [0.25, 0.3) is 11.1 Å². The molecule has 164 valence electrons. The van der Waals surface area contributed by atoms with Gasteiger partial charge in [0.25, 0.3) is 0 Å². The number of aryl methyl sites for hydroxylation is 1. The third-order valence-corrected chi connectivity index (χ3v) is 6.45. The van der Waals surface area contributed by atoms with Crippen molar-refractivity contribution in [3.63, 3.8) is 0 Å². The predicted octanol–water partition coefficient (Wildman–Crippen LogP) is 3.94. The standard InChI is InChI=1S/C27H29N3O2/c1-20-9-11-21(12-10-20)16-25(31)30-15-5-13-27(19-30,26(28)32)17-22-6-2-3-8-24(22)23-7-4-14-29-18-23/h2-4,6-12,14,18H,5,13,15-17,19H2,1H3,(H2,28,32)/t27-/m0/s1. The fourth-order valence-corrected chi connectivity index (χ4v) is 4.61. The summed E-state index contributed by atoms with van der Waals surface area (Å²) in [6, 6.07) is 20.0. The monoisotopic (exact) mass is 427 g/mol. The molecule has 3 aromatic rings. The number of hydrogen-bond acceptors (Lipinski definition) is 3. The van der Waals surface area contributed by atoms with E-state index >= 15 is 0 Å². The smallest absolute Gasteiger partial charge is 0.227 e. The lowest BCUT2D eigenvalue weighted by Crippen LogP contribution is -2.53. The molecule has 5 heteroatoms. The zero-order valence-corrected chi connectivity index (χ0v) is 18.5. The molecule has 0 bridgehead atoms. The van der Waals surface area contributed by atoms with Crippen molar-refractivity contribution in [1.82, 2.24) is 9.88 Å². The van der Waals surface area contributed by atoms with E-state index in [1.54, 1.807) is 6.20 Å². The van der Waals surface area contributed by atoms with E-state index in [1.807, 2.05) is 78.7 Å². The van der Waals surface area contributed by atoms with Crippen molar-refractivity contribution in [3.8, 4) is 11.1 Å². The lowest BCUT2D eigenvalue weighted by molar-refractivity contribution is -0.139. The summed E-state index contributed by atoms with van der Waals surface area (Å²) in [5.41, 5.74) is 10.5. The Morgan fingerprint density at radius 1 is 1.06 bits per heavy atom. The number of carbonyl (C=O) groups excluding carboxylic acids is 2. The highest BCUT2D eigenvalue weighted by atomic mass is 16.2. The van der Waals surface area contributed by atoms with Gasteiger partial charge in [-0.2, -0.15) is 0 Å². The molecule has 1 atom stereocenters. The molecule has 1 fully saturated rings. The van der Waals surface area contributed by atoms with E-state index < -0.39 is 5.41 Å². The molecular formula is C27H29N3O2. The van der Waals surface area contributed by atoms with Gasteiger partial charge in [-0.05, 0) is 48.9 Å². The average molecular weight is 428 g/mol. The molecule has 0 unspecified atom stereocenters. The first-order valence-corrected chi connectivity index (χ1v) is 11.1. The Bertz CT molecular complexity index is 1100. The number of likely N-dealkylation sites (tertiary alicyclic amines) is 1. The van der Waals surface area contributed by atoms with E-state index in [0.29, 0.717) is 32.4 Å². The maximum atomic E-state index is 13.1. The van der Waals surface area contributed by atoms with Gasteiger partial charge in [0.15, 0.2) is 0 Å². The van der Waals surface area contributed by atoms with Crippen LogP contribution in [0.5, 0.6) is 0 Å². The molecule has 2 aromatic carbocycles. The number of benzene rings is 2. The van der Waals surface area contributed by atoms with Gasteiger partial charge in [0.2, 0.25) is 11.8 Å². The maximum absolute atomic E-state index is 13.1. The van der Waals surface area contributed by atoms with E-state index in [-0.39, 0.29) is 11.8 Å². The Balaban J connectivity index is 1.57. The van der Waals surface area contributed by atoms with Crippen LogP contribution in [0.1, 0.15) is 29.5 Å². The van der Waals surface area contributed by atoms with E-state index in [2.05, 4.69) is 4.98 Å². The Morgan fingerprint density at radius 2 is 1.84 bits per heavy atom. The van der Waals surface area contributed by atoms with Crippen molar-refractivity contribution in [1.29, 1.82) is 0 Å². The van der Waals surface area contributed by atoms with Crippen molar-refractivity contribution < 1.29 is 9.59 Å². The van der Waals surface area contributed by atoms with Crippen LogP contribution >= 0.6 is 0 Å². The number of aromatic nitrogens is 1. The first-order valence-electron chi connectivity index (χ1n) is 11.1. The summed E-state index contributed by atoms with van der Waals surface area (Å²) in [4.78, 5) is 31.9. The van der Waals surface area contributed by atoms with E-state index in [0.717, 1.165) is 28.7 Å². The number of carbonyl (C=O) groups is 2. The Morgan fingerprint density at radius 3 is 2.56 bits per heavy atom. The summed E-state index contributed by atoms with van der Waals surface area (Å²) >= 11 is 0. The summed E-state index contributed by atoms with van der Waals surface area (Å²) < 4.78 is 0. The zero-order chi connectivity index (χ0) is 22.6. The highest BCUT2D eigenvalue weighted by Gasteiger charge is 2.42. The topological polar surface area (TPSA) is 76.3 Å². The van der Waals surface area contributed by atoms with Gasteiger partial charge in [-0.3, -0.25) is 14.6 Å². The van der Waals surface area contributed by atoms with Crippen LogP contribution in [-0.4, -0.2) is 34.8 Å². The number of rotatable bonds is 6. The van der Waals surface area contributed by atoms with E-state index in [9.17, 15) is 9.59 Å². The quantitative estimate of drug-likeness (QED) is 0.647. The van der Waals surface area contributed by atoms with Crippen molar-refractivity contribution in [2.75, 3.05) is 13.1 Å². The highest BCUT2D eigenvalue weighted by Crippen LogP contribution is 2.36. The molecule has 2 N–H and O–H groups in total. The SMILES string of the molecule is Cc1ccc(CC(=O)N2CCC[C@@](Cc3ccccc3-c3cccnc3)(C(N)=O)C2)cc1. The predicted molar refractivity (Wildman–Crippen MR) is 126 cm³/mol. The van der Waals surface area contributed by atoms with Crippen LogP contribution in [0.3, 0.4) is 0 Å². The van der Waals surface area contributed by atoms with Gasteiger partial charge in [-0.25, -0.2) is 0 Å². The Hall–Kier alpha value is -3.47. The molecule has 1 aliphatic rings. The van der Waals surface area contributed by atoms with Crippen molar-refractivity contribution in [3.05, 3.63) is 89.7 Å². The molecule has 0 saturated carbocycles. The van der Waals surface area contributed by atoms with Crippen LogP contribution in [0.15, 0.2) is 73.1 Å². The van der Waals surface area contributed by atoms with Gasteiger partial charge in [0.1, 0.15) is 0 Å². The number of piperidine rings is 1. The molecular weight excluding hydrogens is 398 g/mol. The second-order valence-electron chi connectivity index (χ2n) is 8.80. The lowest BCUT2D eigenvalue weighted by Gasteiger charge is -2.41. The summed E-state index contributed by atoms with van der Waals surface area (Å²) in [5.74, 6) is -0.300. The summed E-state index contributed by atoms with van der Waals surface area (Å²) in [5, 5.41) is 0. The third-order valence-electron chi connectivity index (χ3n) is 6.45. The van der Waals surface area contributed by atoms with Gasteiger partial charge < -0.3 is 10.6 Å². The van der Waals surface area contributed by atoms with Crippen LogP contribution in [0.4, 0.5) is 0 Å². The lowest BCUT2D eigenvalue weighted by atomic mass is 9.73. The second-order valence-corrected chi connectivity index (χ2v) is 8.80. The third kappa shape index (κ3) is 4.72. The first kappa shape index (κ1) is 21.8. The molecule has 32 heavy (non-hydrogen) atoms. The first-order chi connectivity index (χ1) is 15.5. The zero-order valence-electron chi connectivity index (χ0n) is 18.5. The van der Waals surface area contributed by atoms with Gasteiger partial charge in [0, 0.05) is 31.0 Å². The van der Waals surface area contributed by atoms with E-state index in [1.165, 1.54) is 5.56 Å². The van der Waals surface area contributed by atoms with Gasteiger partial charge in [-0.1, -0.05) is 60.2 Å². The van der Waals surface area contributed by atoms with Crippen molar-refractivity contribution >= 4 is 11.8 Å². The average Bonchev–Trinajstić information content (AvgIpc) is 2.81. The number of primary amides is 1. The van der Waals surface area contributed by atoms with Crippen molar-refractivity contribution in [2.24, 2.45) is 11.1 Å². The number of pyridine rings is 1. The molecule has 1 aliphatic heterocycles. The molecule has 4 rings (SSSR count).